The Bertz CT molecular complexity index is 1070. The zero-order valence-corrected chi connectivity index (χ0v) is 18.6. The van der Waals surface area contributed by atoms with Gasteiger partial charge in [-0.2, -0.15) is 0 Å². The number of carbonyl (C=O) groups is 1. The fourth-order valence-corrected chi connectivity index (χ4v) is 3.68. The molecule has 1 heterocycles. The van der Waals surface area contributed by atoms with Gasteiger partial charge in [-0.1, -0.05) is 24.3 Å². The highest BCUT2D eigenvalue weighted by Gasteiger charge is 2.18. The summed E-state index contributed by atoms with van der Waals surface area (Å²) in [6.07, 6.45) is 0.832. The van der Waals surface area contributed by atoms with E-state index in [0.717, 1.165) is 17.7 Å². The number of nitrogens with one attached hydrogen (secondary N) is 2. The van der Waals surface area contributed by atoms with Gasteiger partial charge in [0.15, 0.2) is 5.13 Å². The van der Waals surface area contributed by atoms with Crippen LogP contribution in [0.2, 0.25) is 0 Å². The van der Waals surface area contributed by atoms with E-state index in [1.807, 2.05) is 29.6 Å². The SMILES string of the molecule is COCCNc1ccc([N+](=O)[O-])cc1C(=O)Nc1nc(-c2ccc(CCOC)cc2)cs1. The second kappa shape index (κ2) is 11.3. The second-order valence-corrected chi connectivity index (χ2v) is 7.70. The molecule has 0 aliphatic carbocycles. The Hall–Kier alpha value is -3.34. The van der Waals surface area contributed by atoms with E-state index in [-0.39, 0.29) is 11.3 Å². The zero-order chi connectivity index (χ0) is 22.9. The number of nitrogens with zero attached hydrogens (tertiary/aromatic N) is 2. The summed E-state index contributed by atoms with van der Waals surface area (Å²) in [6.45, 7) is 1.54. The molecule has 0 saturated heterocycles. The number of ether oxygens (including phenoxy) is 2. The lowest BCUT2D eigenvalue weighted by Gasteiger charge is -2.11. The van der Waals surface area contributed by atoms with Crippen molar-refractivity contribution < 1.29 is 19.2 Å². The van der Waals surface area contributed by atoms with E-state index in [4.69, 9.17) is 9.47 Å². The van der Waals surface area contributed by atoms with Crippen molar-refractivity contribution in [1.29, 1.82) is 0 Å². The number of benzene rings is 2. The minimum Gasteiger partial charge on any atom is -0.384 e. The lowest BCUT2D eigenvalue weighted by Crippen LogP contribution is -2.16. The normalized spacial score (nSPS) is 10.7. The molecule has 0 bridgehead atoms. The summed E-state index contributed by atoms with van der Waals surface area (Å²) >= 11 is 1.29. The fourth-order valence-electron chi connectivity index (χ4n) is 2.97. The Morgan fingerprint density at radius 3 is 2.56 bits per heavy atom. The second-order valence-electron chi connectivity index (χ2n) is 6.84. The van der Waals surface area contributed by atoms with Crippen molar-refractivity contribution in [2.75, 3.05) is 44.6 Å². The number of nitro benzene ring substituents is 1. The predicted molar refractivity (Wildman–Crippen MR) is 125 cm³/mol. The number of nitro groups is 1. The number of hydrogen-bond acceptors (Lipinski definition) is 8. The molecule has 3 rings (SSSR count). The molecule has 32 heavy (non-hydrogen) atoms. The monoisotopic (exact) mass is 456 g/mol. The lowest BCUT2D eigenvalue weighted by atomic mass is 10.1. The van der Waals surface area contributed by atoms with Gasteiger partial charge in [0.2, 0.25) is 0 Å². The van der Waals surface area contributed by atoms with Crippen LogP contribution in [0.1, 0.15) is 15.9 Å². The molecule has 2 N–H and O–H groups in total. The van der Waals surface area contributed by atoms with Gasteiger partial charge in [-0.05, 0) is 18.1 Å². The summed E-state index contributed by atoms with van der Waals surface area (Å²) in [5, 5.41) is 19.2. The highest BCUT2D eigenvalue weighted by atomic mass is 32.1. The van der Waals surface area contributed by atoms with Gasteiger partial charge in [0.05, 0.1) is 29.4 Å². The van der Waals surface area contributed by atoms with E-state index in [1.165, 1.54) is 35.1 Å². The number of methoxy groups -OCH3 is 2. The average Bonchev–Trinajstić information content (AvgIpc) is 3.26. The third-order valence-electron chi connectivity index (χ3n) is 4.65. The molecule has 0 aliphatic heterocycles. The molecule has 2 aromatic carbocycles. The molecule has 0 fully saturated rings. The fraction of sp³-hybridized carbons (Fsp3) is 0.273. The van der Waals surface area contributed by atoms with Crippen LogP contribution in [0.25, 0.3) is 11.3 Å². The van der Waals surface area contributed by atoms with Gasteiger partial charge in [-0.25, -0.2) is 4.98 Å². The molecule has 1 aromatic heterocycles. The van der Waals surface area contributed by atoms with Crippen molar-refractivity contribution in [2.45, 2.75) is 6.42 Å². The maximum Gasteiger partial charge on any atom is 0.270 e. The Kier molecular flexibility index (Phi) is 8.26. The lowest BCUT2D eigenvalue weighted by molar-refractivity contribution is -0.384. The van der Waals surface area contributed by atoms with Gasteiger partial charge in [-0.15, -0.1) is 11.3 Å². The molecule has 0 spiro atoms. The van der Waals surface area contributed by atoms with E-state index in [0.29, 0.717) is 30.6 Å². The highest BCUT2D eigenvalue weighted by Crippen LogP contribution is 2.27. The molecule has 0 unspecified atom stereocenters. The van der Waals surface area contributed by atoms with Gasteiger partial charge in [-0.3, -0.25) is 20.2 Å². The van der Waals surface area contributed by atoms with Crippen LogP contribution < -0.4 is 10.6 Å². The maximum atomic E-state index is 12.9. The molecule has 168 valence electrons. The average molecular weight is 457 g/mol. The molecule has 0 atom stereocenters. The van der Waals surface area contributed by atoms with Crippen LogP contribution in [-0.2, 0) is 15.9 Å². The maximum absolute atomic E-state index is 12.9. The number of anilines is 2. The topological polar surface area (TPSA) is 116 Å². The summed E-state index contributed by atoms with van der Waals surface area (Å²) in [4.78, 5) is 28.0. The highest BCUT2D eigenvalue weighted by molar-refractivity contribution is 7.14. The first-order valence-electron chi connectivity index (χ1n) is 9.88. The van der Waals surface area contributed by atoms with E-state index in [2.05, 4.69) is 15.6 Å². The quantitative estimate of drug-likeness (QED) is 0.252. The largest absolute Gasteiger partial charge is 0.384 e. The van der Waals surface area contributed by atoms with Crippen molar-refractivity contribution in [2.24, 2.45) is 0 Å². The zero-order valence-electron chi connectivity index (χ0n) is 17.8. The molecule has 0 radical (unpaired) electrons. The van der Waals surface area contributed by atoms with Crippen molar-refractivity contribution in [3.8, 4) is 11.3 Å². The summed E-state index contributed by atoms with van der Waals surface area (Å²) in [6, 6.07) is 12.1. The smallest absolute Gasteiger partial charge is 0.270 e. The number of carbonyl (C=O) groups excluding carboxylic acids is 1. The summed E-state index contributed by atoms with van der Waals surface area (Å²) in [5.41, 5.74) is 3.31. The van der Waals surface area contributed by atoms with E-state index in [1.54, 1.807) is 14.2 Å². The van der Waals surface area contributed by atoms with Crippen molar-refractivity contribution >= 4 is 33.8 Å². The minimum atomic E-state index is -0.534. The van der Waals surface area contributed by atoms with Crippen LogP contribution in [0.3, 0.4) is 0 Å². The summed E-state index contributed by atoms with van der Waals surface area (Å²) < 4.78 is 10.1. The number of amides is 1. The number of aromatic nitrogens is 1. The Balaban J connectivity index is 1.75. The molecular weight excluding hydrogens is 432 g/mol. The van der Waals surface area contributed by atoms with Crippen molar-refractivity contribution in [3.63, 3.8) is 0 Å². The third-order valence-corrected chi connectivity index (χ3v) is 5.41. The van der Waals surface area contributed by atoms with E-state index >= 15 is 0 Å². The molecule has 0 aliphatic rings. The minimum absolute atomic E-state index is 0.162. The molecule has 0 saturated carbocycles. The molecule has 10 heteroatoms. The van der Waals surface area contributed by atoms with Crippen LogP contribution in [0.15, 0.2) is 47.8 Å². The van der Waals surface area contributed by atoms with Crippen LogP contribution in [-0.4, -0.2) is 49.8 Å². The number of thiazole rings is 1. The third kappa shape index (κ3) is 6.10. The van der Waals surface area contributed by atoms with Crippen LogP contribution >= 0.6 is 11.3 Å². The first-order valence-corrected chi connectivity index (χ1v) is 10.8. The van der Waals surface area contributed by atoms with Gasteiger partial charge < -0.3 is 14.8 Å². The predicted octanol–water partition coefficient (Wildman–Crippen LogP) is 4.22. The number of hydrogen-bond donors (Lipinski definition) is 2. The first kappa shape index (κ1) is 23.3. The molecule has 3 aromatic rings. The Morgan fingerprint density at radius 2 is 1.88 bits per heavy atom. The van der Waals surface area contributed by atoms with Crippen LogP contribution in [0.4, 0.5) is 16.5 Å². The summed E-state index contributed by atoms with van der Waals surface area (Å²) in [7, 11) is 3.24. The standard InChI is InChI=1S/C22H24N4O5S/c1-30-11-9-15-3-5-16(6-4-15)20-14-32-22(24-20)25-21(27)18-13-17(26(28)29)7-8-19(18)23-10-12-31-2/h3-8,13-14,23H,9-12H2,1-2H3,(H,24,25,27). The number of non-ortho nitro benzene ring substituents is 1. The first-order chi connectivity index (χ1) is 15.5. The van der Waals surface area contributed by atoms with Crippen molar-refractivity contribution in [3.05, 3.63) is 69.1 Å². The van der Waals surface area contributed by atoms with E-state index < -0.39 is 10.8 Å². The van der Waals surface area contributed by atoms with Crippen LogP contribution in [0, 0.1) is 10.1 Å². The van der Waals surface area contributed by atoms with Gasteiger partial charge in [0.25, 0.3) is 11.6 Å². The van der Waals surface area contributed by atoms with E-state index in [9.17, 15) is 14.9 Å². The van der Waals surface area contributed by atoms with Crippen molar-refractivity contribution in [1.82, 2.24) is 4.98 Å². The number of rotatable bonds is 11. The Morgan fingerprint density at radius 1 is 1.12 bits per heavy atom. The molecule has 1 amide bonds. The Labute approximate surface area is 189 Å². The van der Waals surface area contributed by atoms with Gasteiger partial charge in [0.1, 0.15) is 0 Å². The van der Waals surface area contributed by atoms with Crippen LogP contribution in [0.5, 0.6) is 0 Å². The van der Waals surface area contributed by atoms with Gasteiger partial charge >= 0.3 is 0 Å². The molecule has 9 nitrogen and oxygen atoms in total. The van der Waals surface area contributed by atoms with Gasteiger partial charge in [0, 0.05) is 49.5 Å². The summed E-state index contributed by atoms with van der Waals surface area (Å²) in [5.74, 6) is -0.482. The molecular formula is C22H24N4O5S.